The third kappa shape index (κ3) is 3.55. The summed E-state index contributed by atoms with van der Waals surface area (Å²) in [5.74, 6) is -0.231. The van der Waals surface area contributed by atoms with Crippen LogP contribution in [0.5, 0.6) is 0 Å². The molecule has 1 N–H and O–H groups in total. The summed E-state index contributed by atoms with van der Waals surface area (Å²) in [5.41, 5.74) is 4.10. The Hall–Kier alpha value is -2.72. The lowest BCUT2D eigenvalue weighted by Gasteiger charge is -2.10. The molecular formula is C18H14ClN3O. The monoisotopic (exact) mass is 323 g/mol. The number of pyridine rings is 2. The number of hydrogen-bond donors (Lipinski definition) is 1. The van der Waals surface area contributed by atoms with Gasteiger partial charge in [0.2, 0.25) is 0 Å². The van der Waals surface area contributed by atoms with Crippen molar-refractivity contribution in [2.24, 2.45) is 0 Å². The maximum absolute atomic E-state index is 12.2. The normalized spacial score (nSPS) is 10.3. The molecule has 2 aromatic heterocycles. The molecule has 0 fully saturated rings. The van der Waals surface area contributed by atoms with E-state index in [0.29, 0.717) is 16.4 Å². The number of nitrogens with zero attached hydrogens (tertiary/aromatic N) is 2. The molecule has 0 radical (unpaired) electrons. The Balaban J connectivity index is 1.86. The number of halogens is 1. The number of benzene rings is 1. The zero-order valence-corrected chi connectivity index (χ0v) is 13.2. The lowest BCUT2D eigenvalue weighted by molar-refractivity contribution is 0.102. The van der Waals surface area contributed by atoms with Gasteiger partial charge in [-0.15, -0.1) is 0 Å². The molecule has 3 aromatic rings. The van der Waals surface area contributed by atoms with Crippen molar-refractivity contribution >= 4 is 23.2 Å². The van der Waals surface area contributed by atoms with Crippen LogP contribution in [0.4, 0.5) is 5.69 Å². The molecule has 0 aliphatic carbocycles. The third-order valence-electron chi connectivity index (χ3n) is 3.43. The highest BCUT2D eigenvalue weighted by molar-refractivity contribution is 6.29. The molecule has 1 aromatic carbocycles. The van der Waals surface area contributed by atoms with Gasteiger partial charge in [0.15, 0.2) is 0 Å². The van der Waals surface area contributed by atoms with Gasteiger partial charge in [0.1, 0.15) is 5.15 Å². The number of carbonyl (C=O) groups is 1. The molecule has 114 valence electrons. The van der Waals surface area contributed by atoms with Crippen molar-refractivity contribution in [1.29, 1.82) is 0 Å². The Labute approximate surface area is 139 Å². The van der Waals surface area contributed by atoms with Crippen molar-refractivity contribution in [3.63, 3.8) is 0 Å². The first-order valence-corrected chi connectivity index (χ1v) is 7.46. The van der Waals surface area contributed by atoms with Crippen LogP contribution >= 0.6 is 11.6 Å². The largest absolute Gasteiger partial charge is 0.322 e. The van der Waals surface area contributed by atoms with Crippen molar-refractivity contribution < 1.29 is 4.79 Å². The van der Waals surface area contributed by atoms with Gasteiger partial charge in [0.25, 0.3) is 5.91 Å². The maximum Gasteiger partial charge on any atom is 0.257 e. The quantitative estimate of drug-likeness (QED) is 0.729. The molecular weight excluding hydrogens is 310 g/mol. The molecule has 23 heavy (non-hydrogen) atoms. The second kappa shape index (κ2) is 6.58. The number of nitrogens with one attached hydrogen (secondary N) is 1. The zero-order valence-electron chi connectivity index (χ0n) is 12.5. The summed E-state index contributed by atoms with van der Waals surface area (Å²) in [4.78, 5) is 20.5. The summed E-state index contributed by atoms with van der Waals surface area (Å²) >= 11 is 5.73. The maximum atomic E-state index is 12.2. The van der Waals surface area contributed by atoms with Gasteiger partial charge >= 0.3 is 0 Å². The van der Waals surface area contributed by atoms with E-state index in [1.54, 1.807) is 18.3 Å². The Morgan fingerprint density at radius 3 is 2.65 bits per heavy atom. The van der Waals surface area contributed by atoms with Crippen molar-refractivity contribution in [1.82, 2.24) is 9.97 Å². The predicted octanol–water partition coefficient (Wildman–Crippen LogP) is 4.36. The lowest BCUT2D eigenvalue weighted by Crippen LogP contribution is -2.12. The Morgan fingerprint density at radius 1 is 1.09 bits per heavy atom. The fraction of sp³-hybridized carbons (Fsp3) is 0.0556. The van der Waals surface area contributed by atoms with Crippen LogP contribution in [0.25, 0.3) is 11.3 Å². The molecule has 0 saturated heterocycles. The molecule has 0 atom stereocenters. The van der Waals surface area contributed by atoms with E-state index in [4.69, 9.17) is 11.6 Å². The van der Waals surface area contributed by atoms with Gasteiger partial charge in [-0.05, 0) is 48.9 Å². The highest BCUT2D eigenvalue weighted by Crippen LogP contribution is 2.25. The van der Waals surface area contributed by atoms with Crippen molar-refractivity contribution in [2.45, 2.75) is 6.92 Å². The minimum absolute atomic E-state index is 0.231. The fourth-order valence-corrected chi connectivity index (χ4v) is 2.32. The number of anilines is 1. The third-order valence-corrected chi connectivity index (χ3v) is 3.65. The Morgan fingerprint density at radius 2 is 1.96 bits per heavy atom. The first kappa shape index (κ1) is 15.2. The summed E-state index contributed by atoms with van der Waals surface area (Å²) in [5, 5.41) is 3.22. The molecule has 0 unspecified atom stereocenters. The minimum Gasteiger partial charge on any atom is -0.322 e. The summed E-state index contributed by atoms with van der Waals surface area (Å²) in [6.45, 7) is 2.01. The van der Waals surface area contributed by atoms with E-state index in [2.05, 4.69) is 15.3 Å². The topological polar surface area (TPSA) is 54.9 Å². The first-order chi connectivity index (χ1) is 11.1. The van der Waals surface area contributed by atoms with Crippen molar-refractivity contribution in [2.75, 3.05) is 5.32 Å². The Kier molecular flexibility index (Phi) is 4.35. The van der Waals surface area contributed by atoms with E-state index in [9.17, 15) is 4.79 Å². The molecule has 0 bridgehead atoms. The van der Waals surface area contributed by atoms with Gasteiger partial charge < -0.3 is 5.32 Å². The number of aromatic nitrogens is 2. The summed E-state index contributed by atoms with van der Waals surface area (Å²) in [6, 6.07) is 14.7. The average Bonchev–Trinajstić information content (AvgIpc) is 2.58. The molecule has 5 heteroatoms. The lowest BCUT2D eigenvalue weighted by atomic mass is 10.0. The highest BCUT2D eigenvalue weighted by Gasteiger charge is 2.09. The smallest absolute Gasteiger partial charge is 0.257 e. The van der Waals surface area contributed by atoms with E-state index < -0.39 is 0 Å². The van der Waals surface area contributed by atoms with E-state index >= 15 is 0 Å². The van der Waals surface area contributed by atoms with Gasteiger partial charge in [-0.25, -0.2) is 4.98 Å². The standard InChI is InChI=1S/C18H14ClN3O/c1-12-5-7-14(10-15(12)16-4-2-3-9-20-16)22-18(23)13-6-8-17(19)21-11-13/h2-11H,1H3,(H,22,23). The fourth-order valence-electron chi connectivity index (χ4n) is 2.21. The van der Waals surface area contributed by atoms with Gasteiger partial charge in [-0.2, -0.15) is 0 Å². The SMILES string of the molecule is Cc1ccc(NC(=O)c2ccc(Cl)nc2)cc1-c1ccccn1. The summed E-state index contributed by atoms with van der Waals surface area (Å²) in [7, 11) is 0. The number of aryl methyl sites for hydroxylation is 1. The number of carbonyl (C=O) groups excluding carboxylic acids is 1. The summed E-state index contributed by atoms with van der Waals surface area (Å²) in [6.07, 6.45) is 3.20. The van der Waals surface area contributed by atoms with E-state index in [1.807, 2.05) is 43.3 Å². The van der Waals surface area contributed by atoms with Crippen LogP contribution in [0.2, 0.25) is 5.15 Å². The average molecular weight is 324 g/mol. The first-order valence-electron chi connectivity index (χ1n) is 7.08. The molecule has 0 saturated carbocycles. The van der Waals surface area contributed by atoms with Crippen LogP contribution in [0.15, 0.2) is 60.9 Å². The van der Waals surface area contributed by atoms with E-state index in [0.717, 1.165) is 16.8 Å². The van der Waals surface area contributed by atoms with Crippen LogP contribution in [0.1, 0.15) is 15.9 Å². The van der Waals surface area contributed by atoms with E-state index in [-0.39, 0.29) is 5.91 Å². The van der Waals surface area contributed by atoms with Crippen LogP contribution < -0.4 is 5.32 Å². The van der Waals surface area contributed by atoms with Crippen LogP contribution in [0, 0.1) is 6.92 Å². The van der Waals surface area contributed by atoms with Crippen molar-refractivity contribution in [3.8, 4) is 11.3 Å². The van der Waals surface area contributed by atoms with Gasteiger partial charge in [0, 0.05) is 23.6 Å². The zero-order chi connectivity index (χ0) is 16.2. The van der Waals surface area contributed by atoms with E-state index in [1.165, 1.54) is 6.20 Å². The van der Waals surface area contributed by atoms with Crippen LogP contribution in [-0.4, -0.2) is 15.9 Å². The molecule has 4 nitrogen and oxygen atoms in total. The second-order valence-corrected chi connectivity index (χ2v) is 5.46. The molecule has 3 rings (SSSR count). The van der Waals surface area contributed by atoms with Gasteiger partial charge in [0.05, 0.1) is 11.3 Å². The van der Waals surface area contributed by atoms with Crippen LogP contribution in [-0.2, 0) is 0 Å². The molecule has 2 heterocycles. The molecule has 0 spiro atoms. The van der Waals surface area contributed by atoms with Gasteiger partial charge in [-0.3, -0.25) is 9.78 Å². The highest BCUT2D eigenvalue weighted by atomic mass is 35.5. The number of rotatable bonds is 3. The predicted molar refractivity (Wildman–Crippen MR) is 91.6 cm³/mol. The molecule has 0 aliphatic rings. The Bertz CT molecular complexity index is 833. The number of hydrogen-bond acceptors (Lipinski definition) is 3. The summed E-state index contributed by atoms with van der Waals surface area (Å²) < 4.78 is 0. The van der Waals surface area contributed by atoms with Gasteiger partial charge in [-0.1, -0.05) is 23.7 Å². The number of amides is 1. The minimum atomic E-state index is -0.231. The molecule has 0 aliphatic heterocycles. The second-order valence-electron chi connectivity index (χ2n) is 5.07. The van der Waals surface area contributed by atoms with Crippen LogP contribution in [0.3, 0.4) is 0 Å². The van der Waals surface area contributed by atoms with Crippen molar-refractivity contribution in [3.05, 3.63) is 77.2 Å². The molecule has 1 amide bonds.